The molecule has 2 aromatic heterocycles. The van der Waals surface area contributed by atoms with Crippen molar-refractivity contribution in [3.8, 4) is 0 Å². The smallest absolute Gasteiger partial charge is 0.290 e. The molecule has 0 atom stereocenters. The molecule has 10 nitrogen and oxygen atoms in total. The Kier molecular flexibility index (Phi) is 11.1. The van der Waals surface area contributed by atoms with E-state index in [0.29, 0.717) is 0 Å². The Balaban J connectivity index is 0.000000582. The first kappa shape index (κ1) is 26.6. The second kappa shape index (κ2) is 13.8. The summed E-state index contributed by atoms with van der Waals surface area (Å²) in [5, 5.41) is 19.5. The van der Waals surface area contributed by atoms with Crippen LogP contribution in [0.5, 0.6) is 0 Å². The molecule has 1 fully saturated rings. The van der Waals surface area contributed by atoms with Gasteiger partial charge in [-0.1, -0.05) is 0 Å². The zero-order valence-corrected chi connectivity index (χ0v) is 20.0. The number of thiazole rings is 1. The second-order valence-corrected chi connectivity index (χ2v) is 8.69. The summed E-state index contributed by atoms with van der Waals surface area (Å²) < 4.78 is 5.15. The Morgan fingerprint density at radius 3 is 2.52 bits per heavy atom. The van der Waals surface area contributed by atoms with E-state index in [1.807, 2.05) is 12.4 Å². The summed E-state index contributed by atoms with van der Waals surface area (Å²) in [6, 6.07) is 0. The van der Waals surface area contributed by atoms with Crippen molar-refractivity contribution in [1.82, 2.24) is 19.9 Å². The Hall–Kier alpha value is -2.63. The molecule has 2 aliphatic rings. The fourth-order valence-electron chi connectivity index (χ4n) is 4.49. The molecule has 0 radical (unpaired) electrons. The topological polar surface area (TPSA) is 138 Å². The highest BCUT2D eigenvalue weighted by Gasteiger charge is 2.43. The van der Waals surface area contributed by atoms with Crippen LogP contribution in [0.2, 0.25) is 0 Å². The van der Waals surface area contributed by atoms with Crippen LogP contribution in [-0.2, 0) is 32.7 Å². The van der Waals surface area contributed by atoms with Crippen molar-refractivity contribution >= 4 is 30.1 Å². The van der Waals surface area contributed by atoms with E-state index in [2.05, 4.69) is 20.6 Å². The molecule has 0 unspecified atom stereocenters. The summed E-state index contributed by atoms with van der Waals surface area (Å²) in [6.45, 7) is 6.40. The molecule has 11 heteroatoms. The average molecular weight is 480 g/mol. The number of anilines is 1. The van der Waals surface area contributed by atoms with E-state index in [0.717, 1.165) is 57.3 Å². The number of fused-ring (bicyclic) bond motifs is 2. The largest absolute Gasteiger partial charge is 0.483 e. The van der Waals surface area contributed by atoms with Crippen molar-refractivity contribution in [2.45, 2.75) is 51.0 Å². The lowest BCUT2D eigenvalue weighted by Crippen LogP contribution is -2.41. The average Bonchev–Trinajstić information content (AvgIpc) is 3.43. The SMILES string of the molecule is COCCCNc1nc(C)nc2c1CCC21CCN(Cc2cscn2)CC1.O=CO.O=CO. The number of carbonyl (C=O) groups is 2. The summed E-state index contributed by atoms with van der Waals surface area (Å²) in [4.78, 5) is 33.3. The summed E-state index contributed by atoms with van der Waals surface area (Å²) in [6.07, 6.45) is 5.66. The molecular weight excluding hydrogens is 446 g/mol. The van der Waals surface area contributed by atoms with Gasteiger partial charge in [-0.3, -0.25) is 14.5 Å². The van der Waals surface area contributed by atoms with Gasteiger partial charge in [0.05, 0.1) is 16.9 Å². The number of hydrogen-bond acceptors (Lipinski definition) is 9. The van der Waals surface area contributed by atoms with Crippen molar-refractivity contribution in [2.75, 3.05) is 38.7 Å². The molecule has 0 aromatic carbocycles. The van der Waals surface area contributed by atoms with Crippen LogP contribution >= 0.6 is 11.3 Å². The molecule has 1 aliphatic carbocycles. The normalized spacial score (nSPS) is 16.1. The van der Waals surface area contributed by atoms with Gasteiger partial charge in [-0.2, -0.15) is 0 Å². The monoisotopic (exact) mass is 479 g/mol. The molecule has 1 saturated heterocycles. The van der Waals surface area contributed by atoms with Gasteiger partial charge in [0.1, 0.15) is 11.6 Å². The minimum Gasteiger partial charge on any atom is -0.483 e. The highest BCUT2D eigenvalue weighted by atomic mass is 32.1. The molecule has 1 aliphatic heterocycles. The van der Waals surface area contributed by atoms with Gasteiger partial charge < -0.3 is 20.3 Å². The van der Waals surface area contributed by atoms with Crippen LogP contribution in [0.1, 0.15) is 48.5 Å². The van der Waals surface area contributed by atoms with E-state index < -0.39 is 0 Å². The van der Waals surface area contributed by atoms with E-state index in [-0.39, 0.29) is 18.4 Å². The number of methoxy groups -OCH3 is 1. The van der Waals surface area contributed by atoms with Crippen LogP contribution in [-0.4, -0.2) is 76.4 Å². The zero-order chi connectivity index (χ0) is 24.1. The van der Waals surface area contributed by atoms with E-state index in [4.69, 9.17) is 34.5 Å². The maximum absolute atomic E-state index is 8.36. The molecule has 0 saturated carbocycles. The molecular formula is C22H33N5O5S. The number of ether oxygens (including phenoxy) is 1. The summed E-state index contributed by atoms with van der Waals surface area (Å²) in [5.41, 5.74) is 6.03. The number of aryl methyl sites for hydroxylation is 1. The van der Waals surface area contributed by atoms with Crippen molar-refractivity contribution in [1.29, 1.82) is 0 Å². The third-order valence-corrected chi connectivity index (χ3v) is 6.61. The molecule has 3 N–H and O–H groups in total. The van der Waals surface area contributed by atoms with Gasteiger partial charge >= 0.3 is 0 Å². The molecule has 0 bridgehead atoms. The maximum Gasteiger partial charge on any atom is 0.290 e. The number of nitrogens with one attached hydrogen (secondary N) is 1. The molecule has 182 valence electrons. The van der Waals surface area contributed by atoms with E-state index in [9.17, 15) is 0 Å². The molecule has 2 aromatic rings. The Bertz CT molecular complexity index is 851. The van der Waals surface area contributed by atoms with Crippen LogP contribution in [0.3, 0.4) is 0 Å². The first-order valence-electron chi connectivity index (χ1n) is 10.9. The molecule has 33 heavy (non-hydrogen) atoms. The Morgan fingerprint density at radius 1 is 1.21 bits per heavy atom. The first-order chi connectivity index (χ1) is 16.0. The van der Waals surface area contributed by atoms with E-state index in [1.165, 1.54) is 36.2 Å². The lowest BCUT2D eigenvalue weighted by Gasteiger charge is -2.39. The molecule has 3 heterocycles. The van der Waals surface area contributed by atoms with Gasteiger partial charge in [-0.15, -0.1) is 11.3 Å². The summed E-state index contributed by atoms with van der Waals surface area (Å²) >= 11 is 1.68. The van der Waals surface area contributed by atoms with Crippen molar-refractivity contribution < 1.29 is 24.5 Å². The van der Waals surface area contributed by atoms with Crippen LogP contribution < -0.4 is 5.32 Å². The van der Waals surface area contributed by atoms with Gasteiger partial charge in [0.2, 0.25) is 0 Å². The van der Waals surface area contributed by atoms with E-state index >= 15 is 0 Å². The Labute approximate surface area is 198 Å². The standard InChI is InChI=1S/C20H29N5OS.2CH2O2/c1-15-23-18-17(19(24-15)21-8-3-11-26-2)4-5-20(18)6-9-25(10-7-20)12-16-13-27-14-22-16;2*2-1-3/h13-14H,3-12H2,1-2H3,(H,21,23,24);2*1H,(H,2,3). The number of rotatable bonds is 7. The molecule has 1 spiro atoms. The maximum atomic E-state index is 8.36. The van der Waals surface area contributed by atoms with Crippen LogP contribution in [0.4, 0.5) is 5.82 Å². The minimum atomic E-state index is -0.250. The highest BCUT2D eigenvalue weighted by molar-refractivity contribution is 7.07. The lowest BCUT2D eigenvalue weighted by molar-refractivity contribution is -0.123. The summed E-state index contributed by atoms with van der Waals surface area (Å²) in [5.74, 6) is 1.93. The van der Waals surface area contributed by atoms with Crippen LogP contribution in [0.15, 0.2) is 10.9 Å². The highest BCUT2D eigenvalue weighted by Crippen LogP contribution is 2.47. The predicted molar refractivity (Wildman–Crippen MR) is 126 cm³/mol. The summed E-state index contributed by atoms with van der Waals surface area (Å²) in [7, 11) is 1.75. The van der Waals surface area contributed by atoms with Crippen LogP contribution in [0.25, 0.3) is 0 Å². The number of likely N-dealkylation sites (tertiary alicyclic amines) is 1. The van der Waals surface area contributed by atoms with Gasteiger partial charge in [0, 0.05) is 43.2 Å². The fraction of sp³-hybridized carbons (Fsp3) is 0.591. The number of piperidine rings is 1. The lowest BCUT2D eigenvalue weighted by atomic mass is 9.76. The molecule has 0 amide bonds. The third-order valence-electron chi connectivity index (χ3n) is 5.97. The fourth-order valence-corrected chi connectivity index (χ4v) is 5.04. The quantitative estimate of drug-likeness (QED) is 0.401. The zero-order valence-electron chi connectivity index (χ0n) is 19.2. The Morgan fingerprint density at radius 2 is 1.91 bits per heavy atom. The van der Waals surface area contributed by atoms with E-state index in [1.54, 1.807) is 18.4 Å². The minimum absolute atomic E-state index is 0.241. The van der Waals surface area contributed by atoms with Gasteiger partial charge in [0.15, 0.2) is 0 Å². The number of hydrogen-bond donors (Lipinski definition) is 3. The number of aromatic nitrogens is 3. The number of nitrogens with zero attached hydrogens (tertiary/aromatic N) is 4. The predicted octanol–water partition coefficient (Wildman–Crippen LogP) is 2.57. The third kappa shape index (κ3) is 7.44. The van der Waals surface area contributed by atoms with Crippen molar-refractivity contribution in [2.24, 2.45) is 0 Å². The first-order valence-corrected chi connectivity index (χ1v) is 11.8. The second-order valence-electron chi connectivity index (χ2n) is 7.97. The van der Waals surface area contributed by atoms with Gasteiger partial charge in [-0.25, -0.2) is 15.0 Å². The van der Waals surface area contributed by atoms with Crippen molar-refractivity contribution in [3.63, 3.8) is 0 Å². The van der Waals surface area contributed by atoms with Gasteiger partial charge in [0.25, 0.3) is 12.9 Å². The van der Waals surface area contributed by atoms with Gasteiger partial charge in [-0.05, 0) is 52.1 Å². The van der Waals surface area contributed by atoms with Crippen molar-refractivity contribution in [3.05, 3.63) is 33.7 Å². The molecule has 4 rings (SSSR count). The van der Waals surface area contributed by atoms with Crippen LogP contribution in [0, 0.1) is 6.92 Å². The number of carboxylic acid groups (broad SMARTS) is 2.